The Kier molecular flexibility index (Phi) is 5.21. The number of hydrogen-bond donors (Lipinski definition) is 0. The van der Waals surface area contributed by atoms with E-state index in [9.17, 15) is 9.59 Å². The van der Waals surface area contributed by atoms with E-state index in [1.165, 1.54) is 4.57 Å². The first kappa shape index (κ1) is 19.0. The Morgan fingerprint density at radius 3 is 2.14 bits per heavy atom. The molecule has 0 saturated heterocycles. The predicted molar refractivity (Wildman–Crippen MR) is 114 cm³/mol. The third-order valence-electron chi connectivity index (χ3n) is 5.30. The Morgan fingerprint density at radius 1 is 0.897 bits per heavy atom. The van der Waals surface area contributed by atoms with Gasteiger partial charge in [0.2, 0.25) is 0 Å². The average Bonchev–Trinajstić information content (AvgIpc) is 3.57. The largest absolute Gasteiger partial charge is 0.497 e. The molecule has 1 aromatic heterocycles. The second-order valence-electron chi connectivity index (χ2n) is 7.47. The highest BCUT2D eigenvalue weighted by Crippen LogP contribution is 2.29. The lowest BCUT2D eigenvalue weighted by Crippen LogP contribution is -2.57. The number of rotatable bonds is 5. The van der Waals surface area contributed by atoms with Gasteiger partial charge in [0.25, 0.3) is 11.1 Å². The molecule has 0 bridgehead atoms. The fourth-order valence-corrected chi connectivity index (χ4v) is 3.39. The van der Waals surface area contributed by atoms with Crippen molar-refractivity contribution in [1.29, 1.82) is 0 Å². The average molecular weight is 388 g/mol. The van der Waals surface area contributed by atoms with Gasteiger partial charge >= 0.3 is 0 Å². The first-order valence-electron chi connectivity index (χ1n) is 9.79. The van der Waals surface area contributed by atoms with Gasteiger partial charge in [-0.15, -0.1) is 0 Å². The molecule has 148 valence electrons. The van der Waals surface area contributed by atoms with Crippen molar-refractivity contribution in [2.75, 3.05) is 7.11 Å². The summed E-state index contributed by atoms with van der Waals surface area (Å²) in [6.07, 6.45) is 5.77. The van der Waals surface area contributed by atoms with Gasteiger partial charge in [0.05, 0.1) is 7.11 Å². The maximum absolute atomic E-state index is 13.4. The van der Waals surface area contributed by atoms with Gasteiger partial charge in [-0.2, -0.15) is 0 Å². The van der Waals surface area contributed by atoms with E-state index in [-0.39, 0.29) is 11.1 Å². The molecule has 1 aliphatic carbocycles. The third-order valence-corrected chi connectivity index (χ3v) is 5.30. The molecule has 0 atom stereocenters. The van der Waals surface area contributed by atoms with Crippen LogP contribution in [0.5, 0.6) is 5.75 Å². The SMILES string of the molecule is COc1ccc(/C=c2/c(=O)n(C)/c(=C\c3ccccc3)c(=O)n2CC2CC2)cc1. The molecule has 1 saturated carbocycles. The van der Waals surface area contributed by atoms with E-state index in [1.54, 1.807) is 30.9 Å². The molecule has 0 radical (unpaired) electrons. The molecule has 0 aliphatic heterocycles. The Labute approximate surface area is 168 Å². The van der Waals surface area contributed by atoms with Gasteiger partial charge in [-0.1, -0.05) is 42.5 Å². The molecule has 2 aromatic carbocycles. The lowest BCUT2D eigenvalue weighted by molar-refractivity contribution is 0.415. The van der Waals surface area contributed by atoms with Crippen molar-refractivity contribution in [2.24, 2.45) is 13.0 Å². The monoisotopic (exact) mass is 388 g/mol. The van der Waals surface area contributed by atoms with Gasteiger partial charge in [-0.05, 0) is 54.2 Å². The summed E-state index contributed by atoms with van der Waals surface area (Å²) in [5, 5.41) is 0.813. The fourth-order valence-electron chi connectivity index (χ4n) is 3.39. The van der Waals surface area contributed by atoms with Crippen LogP contribution in [-0.4, -0.2) is 16.2 Å². The highest BCUT2D eigenvalue weighted by molar-refractivity contribution is 5.50. The molecule has 5 heteroatoms. The molecule has 29 heavy (non-hydrogen) atoms. The zero-order valence-electron chi connectivity index (χ0n) is 16.7. The van der Waals surface area contributed by atoms with Crippen molar-refractivity contribution < 1.29 is 4.74 Å². The van der Waals surface area contributed by atoms with Crippen molar-refractivity contribution >= 4 is 12.2 Å². The van der Waals surface area contributed by atoms with E-state index < -0.39 is 0 Å². The minimum absolute atomic E-state index is 0.136. The van der Waals surface area contributed by atoms with Gasteiger partial charge in [-0.25, -0.2) is 0 Å². The number of aromatic nitrogens is 2. The Morgan fingerprint density at radius 2 is 1.52 bits per heavy atom. The zero-order chi connectivity index (χ0) is 20.4. The van der Waals surface area contributed by atoms with E-state index in [0.717, 1.165) is 29.7 Å². The summed E-state index contributed by atoms with van der Waals surface area (Å²) in [5.74, 6) is 1.21. The summed E-state index contributed by atoms with van der Waals surface area (Å²) < 4.78 is 8.30. The van der Waals surface area contributed by atoms with E-state index in [0.29, 0.717) is 23.2 Å². The van der Waals surface area contributed by atoms with E-state index >= 15 is 0 Å². The Hall–Kier alpha value is -3.34. The number of benzene rings is 2. The lowest BCUT2D eigenvalue weighted by atomic mass is 10.2. The van der Waals surface area contributed by atoms with Crippen LogP contribution in [-0.2, 0) is 13.6 Å². The quantitative estimate of drug-likeness (QED) is 0.668. The van der Waals surface area contributed by atoms with Crippen LogP contribution in [0, 0.1) is 5.92 Å². The normalized spacial score (nSPS) is 15.0. The zero-order valence-corrected chi connectivity index (χ0v) is 16.7. The van der Waals surface area contributed by atoms with Gasteiger partial charge in [0.1, 0.15) is 16.4 Å². The van der Waals surface area contributed by atoms with Crippen molar-refractivity contribution in [3.63, 3.8) is 0 Å². The summed E-state index contributed by atoms with van der Waals surface area (Å²) in [7, 11) is 3.27. The molecule has 0 unspecified atom stereocenters. The van der Waals surface area contributed by atoms with Gasteiger partial charge < -0.3 is 13.9 Å². The summed E-state index contributed by atoms with van der Waals surface area (Å²) in [5.41, 5.74) is 1.43. The molecule has 1 aliphatic rings. The van der Waals surface area contributed by atoms with E-state index in [2.05, 4.69) is 0 Å². The van der Waals surface area contributed by atoms with E-state index in [4.69, 9.17) is 4.74 Å². The molecular weight excluding hydrogens is 364 g/mol. The van der Waals surface area contributed by atoms with Gasteiger partial charge in [0, 0.05) is 13.6 Å². The van der Waals surface area contributed by atoms with Crippen LogP contribution < -0.4 is 26.6 Å². The van der Waals surface area contributed by atoms with Crippen molar-refractivity contribution in [2.45, 2.75) is 19.4 Å². The van der Waals surface area contributed by atoms with Crippen LogP contribution in [0.25, 0.3) is 12.2 Å². The Balaban J connectivity index is 1.96. The van der Waals surface area contributed by atoms with Crippen molar-refractivity contribution in [3.8, 4) is 5.75 Å². The van der Waals surface area contributed by atoms with Crippen molar-refractivity contribution in [3.05, 3.63) is 97.1 Å². The molecule has 0 N–H and O–H groups in total. The molecule has 1 fully saturated rings. The van der Waals surface area contributed by atoms with Crippen molar-refractivity contribution in [1.82, 2.24) is 9.13 Å². The standard InChI is InChI=1S/C24H24N2O3/c1-25-21(14-17-6-4-3-5-7-17)24(28)26(16-19-8-9-19)22(23(25)27)15-18-10-12-20(29-2)13-11-18/h3-7,10-15,19H,8-9,16H2,1-2H3/b21-14-,22-15-. The number of methoxy groups -OCH3 is 1. The van der Waals surface area contributed by atoms with Crippen LogP contribution in [0.15, 0.2) is 64.2 Å². The number of nitrogens with zero attached hydrogens (tertiary/aromatic N) is 2. The highest BCUT2D eigenvalue weighted by atomic mass is 16.5. The smallest absolute Gasteiger partial charge is 0.275 e. The third kappa shape index (κ3) is 4.09. The predicted octanol–water partition coefficient (Wildman–Crippen LogP) is 1.62. The number of ether oxygens (including phenoxy) is 1. The van der Waals surface area contributed by atoms with Gasteiger partial charge in [-0.3, -0.25) is 9.59 Å². The fraction of sp³-hybridized carbons (Fsp3) is 0.250. The topological polar surface area (TPSA) is 53.2 Å². The van der Waals surface area contributed by atoms with Crippen LogP contribution in [0.4, 0.5) is 0 Å². The second-order valence-corrected chi connectivity index (χ2v) is 7.47. The molecule has 0 amide bonds. The highest BCUT2D eigenvalue weighted by Gasteiger charge is 2.23. The maximum Gasteiger partial charge on any atom is 0.275 e. The van der Waals surface area contributed by atoms with E-state index in [1.807, 2.05) is 54.6 Å². The lowest BCUT2D eigenvalue weighted by Gasteiger charge is -2.10. The first-order chi connectivity index (χ1) is 14.1. The summed E-state index contributed by atoms with van der Waals surface area (Å²) in [6, 6.07) is 17.1. The van der Waals surface area contributed by atoms with Crippen LogP contribution in [0.2, 0.25) is 0 Å². The molecule has 3 aromatic rings. The molecule has 1 heterocycles. The van der Waals surface area contributed by atoms with Gasteiger partial charge in [0.15, 0.2) is 0 Å². The molecule has 4 rings (SSSR count). The molecule has 5 nitrogen and oxygen atoms in total. The minimum Gasteiger partial charge on any atom is -0.497 e. The minimum atomic E-state index is -0.178. The summed E-state index contributed by atoms with van der Waals surface area (Å²) >= 11 is 0. The first-order valence-corrected chi connectivity index (χ1v) is 9.79. The van der Waals surface area contributed by atoms with Crippen LogP contribution in [0.3, 0.4) is 0 Å². The Bertz CT molecular complexity index is 1250. The number of hydrogen-bond acceptors (Lipinski definition) is 3. The van der Waals surface area contributed by atoms with Crippen LogP contribution >= 0.6 is 0 Å². The summed E-state index contributed by atoms with van der Waals surface area (Å²) in [6.45, 7) is 0.576. The summed E-state index contributed by atoms with van der Waals surface area (Å²) in [4.78, 5) is 26.6. The van der Waals surface area contributed by atoms with Crippen LogP contribution in [0.1, 0.15) is 24.0 Å². The maximum atomic E-state index is 13.4. The second kappa shape index (κ2) is 7.95. The molecule has 0 spiro atoms. The molecular formula is C24H24N2O3.